The number of esters is 1. The van der Waals surface area contributed by atoms with Crippen molar-refractivity contribution in [3.63, 3.8) is 0 Å². The number of pyridine rings is 1. The van der Waals surface area contributed by atoms with Gasteiger partial charge >= 0.3 is 5.97 Å². The Hall–Kier alpha value is -3.74. The van der Waals surface area contributed by atoms with Crippen LogP contribution in [0.4, 0.5) is 5.69 Å². The normalized spacial score (nSPS) is 10.7. The van der Waals surface area contributed by atoms with Crippen molar-refractivity contribution in [1.82, 2.24) is 14.8 Å². The van der Waals surface area contributed by atoms with Crippen LogP contribution in [0.3, 0.4) is 0 Å². The molecule has 0 saturated carbocycles. The minimum Gasteiger partial charge on any atom is -0.465 e. The van der Waals surface area contributed by atoms with E-state index in [1.807, 2.05) is 19.3 Å². The molecular formula is C20H18N4O3. The Bertz CT molecular complexity index is 1010. The number of hydrogen-bond acceptors (Lipinski definition) is 5. The van der Waals surface area contributed by atoms with Crippen LogP contribution < -0.4 is 5.32 Å². The van der Waals surface area contributed by atoms with E-state index in [0.717, 1.165) is 16.7 Å². The third kappa shape index (κ3) is 4.46. The maximum Gasteiger partial charge on any atom is 0.337 e. The highest BCUT2D eigenvalue weighted by Gasteiger charge is 2.08. The largest absolute Gasteiger partial charge is 0.465 e. The molecule has 0 saturated heterocycles. The Labute approximate surface area is 156 Å². The van der Waals surface area contributed by atoms with Crippen molar-refractivity contribution in [2.24, 2.45) is 7.05 Å². The molecule has 27 heavy (non-hydrogen) atoms. The summed E-state index contributed by atoms with van der Waals surface area (Å²) < 4.78 is 6.39. The van der Waals surface area contributed by atoms with E-state index in [1.165, 1.54) is 13.2 Å². The molecule has 2 aromatic heterocycles. The molecule has 0 unspecified atom stereocenters. The Morgan fingerprint density at radius 1 is 1.22 bits per heavy atom. The van der Waals surface area contributed by atoms with Crippen molar-refractivity contribution in [2.45, 2.75) is 0 Å². The van der Waals surface area contributed by atoms with Crippen LogP contribution in [0.5, 0.6) is 0 Å². The number of nitrogens with zero attached hydrogens (tertiary/aromatic N) is 3. The van der Waals surface area contributed by atoms with Crippen LogP contribution in [0.2, 0.25) is 0 Å². The van der Waals surface area contributed by atoms with Crippen LogP contribution in [0.1, 0.15) is 15.9 Å². The quantitative estimate of drug-likeness (QED) is 0.557. The molecule has 0 aliphatic carbocycles. The number of amides is 1. The molecule has 0 aliphatic heterocycles. The number of ether oxygens (including phenoxy) is 1. The number of aromatic nitrogens is 3. The number of anilines is 1. The zero-order valence-electron chi connectivity index (χ0n) is 14.9. The second-order valence-corrected chi connectivity index (χ2v) is 5.76. The highest BCUT2D eigenvalue weighted by molar-refractivity contribution is 6.03. The van der Waals surface area contributed by atoms with Crippen LogP contribution in [-0.2, 0) is 16.6 Å². The topological polar surface area (TPSA) is 86.1 Å². The standard InChI is InChI=1S/C20H18N4O3/c1-24-13-16(12-22-24)18-8-9-21-11-15(18)6-7-19(25)23-17-5-3-4-14(10-17)20(26)27-2/h3-13H,1-2H3,(H,23,25). The van der Waals surface area contributed by atoms with Gasteiger partial charge in [0.05, 0.1) is 18.9 Å². The summed E-state index contributed by atoms with van der Waals surface area (Å²) in [6, 6.07) is 8.42. The number of carbonyl (C=O) groups is 2. The summed E-state index contributed by atoms with van der Waals surface area (Å²) in [7, 11) is 3.15. The van der Waals surface area contributed by atoms with Crippen LogP contribution in [-0.4, -0.2) is 33.8 Å². The Morgan fingerprint density at radius 2 is 2.07 bits per heavy atom. The number of benzene rings is 1. The molecule has 3 aromatic rings. The number of methoxy groups -OCH3 is 1. The molecule has 0 fully saturated rings. The van der Waals surface area contributed by atoms with E-state index in [9.17, 15) is 9.59 Å². The molecule has 1 aromatic carbocycles. The summed E-state index contributed by atoms with van der Waals surface area (Å²) in [6.45, 7) is 0. The van der Waals surface area contributed by atoms with E-state index in [-0.39, 0.29) is 5.91 Å². The number of rotatable bonds is 5. The van der Waals surface area contributed by atoms with Gasteiger partial charge in [-0.05, 0) is 35.9 Å². The predicted molar refractivity (Wildman–Crippen MR) is 102 cm³/mol. The average molecular weight is 362 g/mol. The van der Waals surface area contributed by atoms with Gasteiger partial charge in [0, 0.05) is 48.5 Å². The molecule has 1 N–H and O–H groups in total. The van der Waals surface area contributed by atoms with Crippen molar-refractivity contribution in [3.8, 4) is 11.1 Å². The van der Waals surface area contributed by atoms with Crippen molar-refractivity contribution in [2.75, 3.05) is 12.4 Å². The zero-order valence-corrected chi connectivity index (χ0v) is 14.9. The third-order valence-corrected chi connectivity index (χ3v) is 3.83. The molecule has 7 heteroatoms. The van der Waals surface area contributed by atoms with Gasteiger partial charge in [-0.15, -0.1) is 0 Å². The van der Waals surface area contributed by atoms with Crippen LogP contribution in [0.15, 0.2) is 61.2 Å². The van der Waals surface area contributed by atoms with Gasteiger partial charge in [0.15, 0.2) is 0 Å². The Balaban J connectivity index is 1.76. The second-order valence-electron chi connectivity index (χ2n) is 5.76. The molecule has 0 atom stereocenters. The molecular weight excluding hydrogens is 344 g/mol. The molecule has 1 amide bonds. The lowest BCUT2D eigenvalue weighted by Crippen LogP contribution is -2.09. The zero-order chi connectivity index (χ0) is 19.2. The van der Waals surface area contributed by atoms with Crippen LogP contribution in [0, 0.1) is 0 Å². The fourth-order valence-corrected chi connectivity index (χ4v) is 2.55. The van der Waals surface area contributed by atoms with Gasteiger partial charge in [0.1, 0.15) is 0 Å². The molecule has 0 aliphatic rings. The average Bonchev–Trinajstić information content (AvgIpc) is 3.12. The highest BCUT2D eigenvalue weighted by Crippen LogP contribution is 2.23. The van der Waals surface area contributed by atoms with Gasteiger partial charge in [-0.25, -0.2) is 4.79 Å². The van der Waals surface area contributed by atoms with Gasteiger partial charge in [-0.2, -0.15) is 5.10 Å². The molecule has 136 valence electrons. The van der Waals surface area contributed by atoms with E-state index in [0.29, 0.717) is 11.3 Å². The minimum absolute atomic E-state index is 0.321. The molecule has 0 bridgehead atoms. The smallest absolute Gasteiger partial charge is 0.337 e. The highest BCUT2D eigenvalue weighted by atomic mass is 16.5. The second kappa shape index (κ2) is 8.09. The fraction of sp³-hybridized carbons (Fsp3) is 0.100. The number of hydrogen-bond donors (Lipinski definition) is 1. The van der Waals surface area contributed by atoms with Crippen LogP contribution in [0.25, 0.3) is 17.2 Å². The lowest BCUT2D eigenvalue weighted by atomic mass is 10.0. The summed E-state index contributed by atoms with van der Waals surface area (Å²) in [6.07, 6.45) is 10.1. The lowest BCUT2D eigenvalue weighted by molar-refractivity contribution is -0.111. The first-order chi connectivity index (χ1) is 13.1. The number of nitrogens with one attached hydrogen (secondary N) is 1. The van der Waals surface area contributed by atoms with Gasteiger partial charge in [0.2, 0.25) is 5.91 Å². The summed E-state index contributed by atoms with van der Waals surface area (Å²) in [5, 5.41) is 6.89. The van der Waals surface area contributed by atoms with Crippen molar-refractivity contribution < 1.29 is 14.3 Å². The predicted octanol–water partition coefficient (Wildman–Crippen LogP) is 2.92. The van der Waals surface area contributed by atoms with Crippen LogP contribution >= 0.6 is 0 Å². The summed E-state index contributed by atoms with van der Waals surface area (Å²) in [4.78, 5) is 27.9. The summed E-state index contributed by atoms with van der Waals surface area (Å²) in [5.74, 6) is -0.781. The third-order valence-electron chi connectivity index (χ3n) is 3.83. The van der Waals surface area contributed by atoms with E-state index in [1.54, 1.807) is 53.6 Å². The monoisotopic (exact) mass is 362 g/mol. The first kappa shape index (κ1) is 18.1. The van der Waals surface area contributed by atoms with Gasteiger partial charge in [0.25, 0.3) is 0 Å². The molecule has 7 nitrogen and oxygen atoms in total. The van der Waals surface area contributed by atoms with E-state index in [4.69, 9.17) is 0 Å². The van der Waals surface area contributed by atoms with E-state index >= 15 is 0 Å². The van der Waals surface area contributed by atoms with Crippen molar-refractivity contribution >= 4 is 23.6 Å². The van der Waals surface area contributed by atoms with Crippen molar-refractivity contribution in [3.05, 3.63) is 72.3 Å². The van der Waals surface area contributed by atoms with E-state index < -0.39 is 5.97 Å². The maximum atomic E-state index is 12.2. The lowest BCUT2D eigenvalue weighted by Gasteiger charge is -2.05. The molecule has 0 spiro atoms. The van der Waals surface area contributed by atoms with Gasteiger partial charge in [-0.3, -0.25) is 14.5 Å². The van der Waals surface area contributed by atoms with Gasteiger partial charge < -0.3 is 10.1 Å². The first-order valence-corrected chi connectivity index (χ1v) is 8.17. The van der Waals surface area contributed by atoms with Crippen molar-refractivity contribution in [1.29, 1.82) is 0 Å². The molecule has 3 rings (SSSR count). The number of aryl methyl sites for hydroxylation is 1. The Kier molecular flexibility index (Phi) is 5.41. The SMILES string of the molecule is COC(=O)c1cccc(NC(=O)C=Cc2cnccc2-c2cnn(C)c2)c1. The number of carbonyl (C=O) groups excluding carboxylic acids is 2. The fourth-order valence-electron chi connectivity index (χ4n) is 2.55. The Morgan fingerprint density at radius 3 is 2.81 bits per heavy atom. The summed E-state index contributed by atoms with van der Waals surface area (Å²) >= 11 is 0. The summed E-state index contributed by atoms with van der Waals surface area (Å²) in [5.41, 5.74) is 3.53. The molecule has 2 heterocycles. The minimum atomic E-state index is -0.460. The molecule has 0 radical (unpaired) electrons. The maximum absolute atomic E-state index is 12.2. The van der Waals surface area contributed by atoms with E-state index in [2.05, 4.69) is 20.1 Å². The first-order valence-electron chi connectivity index (χ1n) is 8.17. The van der Waals surface area contributed by atoms with Gasteiger partial charge in [-0.1, -0.05) is 6.07 Å².